The van der Waals surface area contributed by atoms with Crippen molar-refractivity contribution in [2.24, 2.45) is 16.8 Å². The number of aliphatic imine (C=N–C) groups is 1. The van der Waals surface area contributed by atoms with Crippen LogP contribution < -0.4 is 10.6 Å². The molecule has 0 saturated carbocycles. The Balaban J connectivity index is 1.66. The first-order valence-corrected chi connectivity index (χ1v) is 9.74. The van der Waals surface area contributed by atoms with E-state index in [2.05, 4.69) is 51.9 Å². The Morgan fingerprint density at radius 3 is 3.00 bits per heavy atom. The normalized spacial score (nSPS) is 20.0. The maximum absolute atomic E-state index is 4.34. The first-order chi connectivity index (χ1) is 11.2. The minimum absolute atomic E-state index is 0.735. The van der Waals surface area contributed by atoms with E-state index in [1.807, 2.05) is 18.4 Å². The van der Waals surface area contributed by atoms with Crippen LogP contribution in [0.5, 0.6) is 0 Å². The van der Waals surface area contributed by atoms with Crippen molar-refractivity contribution in [1.29, 1.82) is 0 Å². The number of guanidine groups is 1. The van der Waals surface area contributed by atoms with Crippen LogP contribution in [0, 0.1) is 11.8 Å². The Morgan fingerprint density at radius 2 is 2.30 bits per heavy atom. The number of piperidine rings is 1. The van der Waals surface area contributed by atoms with Crippen molar-refractivity contribution in [3.05, 3.63) is 22.4 Å². The van der Waals surface area contributed by atoms with Crippen molar-refractivity contribution in [2.75, 3.05) is 39.8 Å². The molecule has 130 valence electrons. The molecular formula is C18H32N4S. The van der Waals surface area contributed by atoms with Crippen LogP contribution in [0.1, 0.15) is 31.6 Å². The zero-order valence-electron chi connectivity index (χ0n) is 14.8. The van der Waals surface area contributed by atoms with E-state index in [9.17, 15) is 0 Å². The Labute approximate surface area is 145 Å². The highest BCUT2D eigenvalue weighted by molar-refractivity contribution is 7.09. The highest BCUT2D eigenvalue weighted by Gasteiger charge is 2.20. The number of hydrogen-bond acceptors (Lipinski definition) is 3. The summed E-state index contributed by atoms with van der Waals surface area (Å²) in [4.78, 5) is 8.38. The van der Waals surface area contributed by atoms with E-state index < -0.39 is 0 Å². The Hall–Kier alpha value is -1.07. The molecule has 2 rings (SSSR count). The van der Waals surface area contributed by atoms with Gasteiger partial charge in [-0.2, -0.15) is 0 Å². The van der Waals surface area contributed by atoms with Gasteiger partial charge in [-0.25, -0.2) is 0 Å². The average Bonchev–Trinajstić information content (AvgIpc) is 3.03. The lowest BCUT2D eigenvalue weighted by Crippen LogP contribution is -2.45. The second kappa shape index (κ2) is 9.93. The molecule has 1 atom stereocenters. The topological polar surface area (TPSA) is 39.7 Å². The van der Waals surface area contributed by atoms with Gasteiger partial charge in [-0.1, -0.05) is 19.9 Å². The van der Waals surface area contributed by atoms with E-state index >= 15 is 0 Å². The quantitative estimate of drug-likeness (QED) is 0.594. The predicted octanol–water partition coefficient (Wildman–Crippen LogP) is 2.82. The van der Waals surface area contributed by atoms with Crippen LogP contribution in [-0.4, -0.2) is 50.6 Å². The average molecular weight is 337 g/mol. The van der Waals surface area contributed by atoms with E-state index in [0.29, 0.717) is 0 Å². The fraction of sp³-hybridized carbons (Fsp3) is 0.722. The molecule has 0 amide bonds. The minimum atomic E-state index is 0.735. The standard InChI is InChI=1S/C18H32N4S/c1-15(2)13-22-10-4-6-16(14-22)12-21-18(19-3)20-9-8-17-7-5-11-23-17/h5,7,11,15-16H,4,6,8-10,12-14H2,1-3H3,(H2,19,20,21). The molecule has 0 aliphatic carbocycles. The van der Waals surface area contributed by atoms with Gasteiger partial charge >= 0.3 is 0 Å². The van der Waals surface area contributed by atoms with Gasteiger partial charge in [-0.3, -0.25) is 4.99 Å². The number of likely N-dealkylation sites (tertiary alicyclic amines) is 1. The molecule has 2 N–H and O–H groups in total. The molecule has 23 heavy (non-hydrogen) atoms. The summed E-state index contributed by atoms with van der Waals surface area (Å²) in [6.07, 6.45) is 3.71. The highest BCUT2D eigenvalue weighted by Crippen LogP contribution is 2.16. The molecule has 0 radical (unpaired) electrons. The van der Waals surface area contributed by atoms with E-state index in [4.69, 9.17) is 0 Å². The highest BCUT2D eigenvalue weighted by atomic mass is 32.1. The summed E-state index contributed by atoms with van der Waals surface area (Å²) in [6, 6.07) is 4.30. The van der Waals surface area contributed by atoms with Crippen LogP contribution in [0.15, 0.2) is 22.5 Å². The summed E-state index contributed by atoms with van der Waals surface area (Å²) in [5.74, 6) is 2.43. The maximum atomic E-state index is 4.34. The third-order valence-electron chi connectivity index (χ3n) is 4.25. The van der Waals surface area contributed by atoms with Crippen molar-refractivity contribution in [3.8, 4) is 0 Å². The van der Waals surface area contributed by atoms with Gasteiger partial charge in [0, 0.05) is 38.1 Å². The smallest absolute Gasteiger partial charge is 0.190 e. The van der Waals surface area contributed by atoms with Crippen molar-refractivity contribution >= 4 is 17.3 Å². The fourth-order valence-electron chi connectivity index (χ4n) is 3.22. The molecule has 0 bridgehead atoms. The molecule has 1 aliphatic heterocycles. The number of hydrogen-bond donors (Lipinski definition) is 2. The van der Waals surface area contributed by atoms with E-state index in [1.165, 1.54) is 37.4 Å². The van der Waals surface area contributed by atoms with Crippen LogP contribution in [-0.2, 0) is 6.42 Å². The molecular weight excluding hydrogens is 304 g/mol. The molecule has 1 fully saturated rings. The van der Waals surface area contributed by atoms with Gasteiger partial charge in [0.1, 0.15) is 0 Å². The summed E-state index contributed by atoms with van der Waals surface area (Å²) >= 11 is 1.82. The summed E-state index contributed by atoms with van der Waals surface area (Å²) in [7, 11) is 1.85. The third kappa shape index (κ3) is 6.92. The third-order valence-corrected chi connectivity index (χ3v) is 5.19. The molecule has 1 saturated heterocycles. The van der Waals surface area contributed by atoms with Gasteiger partial charge in [-0.05, 0) is 49.1 Å². The lowest BCUT2D eigenvalue weighted by molar-refractivity contribution is 0.159. The molecule has 0 spiro atoms. The first-order valence-electron chi connectivity index (χ1n) is 8.86. The monoisotopic (exact) mass is 336 g/mol. The second-order valence-electron chi connectivity index (χ2n) is 6.87. The van der Waals surface area contributed by atoms with Gasteiger partial charge in [0.05, 0.1) is 0 Å². The van der Waals surface area contributed by atoms with Crippen LogP contribution in [0.25, 0.3) is 0 Å². The zero-order valence-corrected chi connectivity index (χ0v) is 15.7. The zero-order chi connectivity index (χ0) is 16.5. The van der Waals surface area contributed by atoms with Crippen LogP contribution in [0.4, 0.5) is 0 Å². The first kappa shape index (κ1) is 18.3. The van der Waals surface area contributed by atoms with Crippen LogP contribution >= 0.6 is 11.3 Å². The van der Waals surface area contributed by atoms with Gasteiger partial charge in [-0.15, -0.1) is 11.3 Å². The lowest BCUT2D eigenvalue weighted by atomic mass is 9.97. The van der Waals surface area contributed by atoms with Gasteiger partial charge < -0.3 is 15.5 Å². The molecule has 0 aromatic carbocycles. The van der Waals surface area contributed by atoms with Gasteiger partial charge in [0.15, 0.2) is 5.96 Å². The second-order valence-corrected chi connectivity index (χ2v) is 7.90. The number of nitrogens with one attached hydrogen (secondary N) is 2. The van der Waals surface area contributed by atoms with Crippen molar-refractivity contribution in [1.82, 2.24) is 15.5 Å². The Kier molecular flexibility index (Phi) is 7.89. The molecule has 1 aromatic heterocycles. The van der Waals surface area contributed by atoms with Crippen LogP contribution in [0.2, 0.25) is 0 Å². The minimum Gasteiger partial charge on any atom is -0.356 e. The largest absolute Gasteiger partial charge is 0.356 e. The Morgan fingerprint density at radius 1 is 1.43 bits per heavy atom. The van der Waals surface area contributed by atoms with Crippen molar-refractivity contribution in [3.63, 3.8) is 0 Å². The predicted molar refractivity (Wildman–Crippen MR) is 101 cm³/mol. The van der Waals surface area contributed by atoms with E-state index in [0.717, 1.165) is 37.3 Å². The summed E-state index contributed by atoms with van der Waals surface area (Å²) < 4.78 is 0. The molecule has 1 aliphatic rings. The van der Waals surface area contributed by atoms with Crippen molar-refractivity contribution < 1.29 is 0 Å². The maximum Gasteiger partial charge on any atom is 0.190 e. The summed E-state index contributed by atoms with van der Waals surface area (Å²) in [5.41, 5.74) is 0. The molecule has 1 aromatic rings. The summed E-state index contributed by atoms with van der Waals surface area (Å²) in [6.45, 7) is 10.3. The number of thiophene rings is 1. The van der Waals surface area contributed by atoms with E-state index in [1.54, 1.807) is 0 Å². The lowest BCUT2D eigenvalue weighted by Gasteiger charge is -2.34. The number of nitrogens with zero attached hydrogens (tertiary/aromatic N) is 2. The van der Waals surface area contributed by atoms with Gasteiger partial charge in [0.25, 0.3) is 0 Å². The Bertz CT molecular complexity index is 456. The molecule has 1 unspecified atom stereocenters. The van der Waals surface area contributed by atoms with Crippen molar-refractivity contribution in [2.45, 2.75) is 33.1 Å². The molecule has 2 heterocycles. The fourth-order valence-corrected chi connectivity index (χ4v) is 3.93. The SMILES string of the molecule is CN=C(NCCc1cccs1)NCC1CCCN(CC(C)C)C1. The van der Waals surface area contributed by atoms with E-state index in [-0.39, 0.29) is 0 Å². The van der Waals surface area contributed by atoms with Crippen LogP contribution in [0.3, 0.4) is 0 Å². The summed E-state index contributed by atoms with van der Waals surface area (Å²) in [5, 5.41) is 9.06. The molecule has 5 heteroatoms. The number of rotatable bonds is 7. The van der Waals surface area contributed by atoms with Gasteiger partial charge in [0.2, 0.25) is 0 Å². The molecule has 4 nitrogen and oxygen atoms in total.